The van der Waals surface area contributed by atoms with Gasteiger partial charge in [-0.25, -0.2) is 0 Å². The quantitative estimate of drug-likeness (QED) is 0.223. The zero-order valence-electron chi connectivity index (χ0n) is 9.77. The molecule has 130 valence electrons. The molecule has 0 rings (SSSR count). The first kappa shape index (κ1) is 50.5. The maximum Gasteiger partial charge on any atom is 4.00 e. The van der Waals surface area contributed by atoms with Crippen LogP contribution in [0.1, 0.15) is 0 Å². The van der Waals surface area contributed by atoms with Crippen LogP contribution in [0.2, 0.25) is 0 Å². The van der Waals surface area contributed by atoms with E-state index in [1.807, 2.05) is 0 Å². The van der Waals surface area contributed by atoms with E-state index in [2.05, 4.69) is 20.4 Å². The van der Waals surface area contributed by atoms with Crippen LogP contribution in [0.15, 0.2) is 0 Å². The Morgan fingerprint density at radius 1 is 0.391 bits per heavy atom. The molecule has 0 fully saturated rings. The van der Waals surface area contributed by atoms with Gasteiger partial charge in [0.05, 0.1) is 20.3 Å². The molecule has 0 heterocycles. The molecule has 0 amide bonds. The molecule has 0 N–H and O–H groups in total. The molecule has 0 aliphatic heterocycles. The molecule has 0 saturated carbocycles. The first-order valence-corrected chi connectivity index (χ1v) is 2.80. The molecule has 19 nitrogen and oxygen atoms in total. The minimum Gasteiger partial charge on any atom is -0.356 e. The predicted octanol–water partition coefficient (Wildman–Crippen LogP) is -2.15. The molecule has 0 aromatic carbocycles. The van der Waals surface area contributed by atoms with Crippen LogP contribution in [0.25, 0.3) is 0 Å². The summed E-state index contributed by atoms with van der Waals surface area (Å²) >= 11 is 0. The fourth-order valence-corrected chi connectivity index (χ4v) is 0. The summed E-state index contributed by atoms with van der Waals surface area (Å²) in [5.74, 6) is 0. The van der Waals surface area contributed by atoms with Crippen LogP contribution in [-0.4, -0.2) is 40.7 Å². The zero-order valence-corrected chi connectivity index (χ0v) is 11.5. The van der Waals surface area contributed by atoms with E-state index >= 15 is 0 Å². The Hall–Kier alpha value is -3.57. The van der Waals surface area contributed by atoms with Gasteiger partial charge in [-0.05, 0) is 0 Å². The average molecular weight is 433 g/mol. The fourth-order valence-electron chi connectivity index (χ4n) is 0. The van der Waals surface area contributed by atoms with Gasteiger partial charge < -0.3 is 61.3 Å². The van der Waals surface area contributed by atoms with E-state index in [4.69, 9.17) is 75.7 Å². The van der Waals surface area contributed by atoms with Crippen LogP contribution >= 0.6 is 0 Å². The maximum atomic E-state index is 8.25. The van der Waals surface area contributed by atoms with Crippen molar-refractivity contribution in [3.05, 3.63) is 61.3 Å². The number of hydrogen-bond donors (Lipinski definition) is 0. The Bertz CT molecular complexity index is 205. The molecule has 23 heavy (non-hydrogen) atoms. The third kappa shape index (κ3) is 391. The number of hydrogen-bond acceptors (Lipinski definition) is 15. The molecule has 0 saturated heterocycles. The van der Waals surface area contributed by atoms with Gasteiger partial charge in [0.2, 0.25) is 0 Å². The van der Waals surface area contributed by atoms with Gasteiger partial charge in [-0.3, -0.25) is 14.4 Å². The first-order chi connectivity index (χ1) is 9.93. The average Bonchev–Trinajstić information content (AvgIpc) is 2.33. The largest absolute Gasteiger partial charge is 4.00 e. The minimum atomic E-state index is -1.75. The summed E-state index contributed by atoms with van der Waals surface area (Å²) in [7, 11) is 0. The van der Waals surface area contributed by atoms with Gasteiger partial charge in [-0.2, -0.15) is 0 Å². The molecule has 0 unspecified atom stereocenters. The predicted molar refractivity (Wildman–Crippen MR) is 58.5 cm³/mol. The minimum absolute atomic E-state index is 0. The van der Waals surface area contributed by atoms with E-state index in [1.165, 1.54) is 0 Å². The van der Waals surface area contributed by atoms with E-state index in [9.17, 15) is 0 Å². The van der Waals surface area contributed by atoms with Gasteiger partial charge in [0.25, 0.3) is 20.4 Å². The molecule has 0 aliphatic carbocycles. The van der Waals surface area contributed by atoms with Crippen LogP contribution in [-0.2, 0) is 33.9 Å². The van der Waals surface area contributed by atoms with E-state index in [0.29, 0.717) is 0 Å². The molecule has 0 atom stereocenters. The van der Waals surface area contributed by atoms with Crippen LogP contribution in [0, 0.1) is 61.3 Å². The smallest absolute Gasteiger partial charge is 0.356 e. The molecule has 0 aliphatic rings. The molecule has 0 aromatic heterocycles. The van der Waals surface area contributed by atoms with E-state index in [0.717, 1.165) is 0 Å². The molecule has 0 spiro atoms. The summed E-state index contributed by atoms with van der Waals surface area (Å²) in [4.78, 5) is 55.5. The standard InChI is InChI=1S/3CO.4NO3.Ru/c3*1-2;4*2-1(3)4;/q;;;4*-1;+4. The van der Waals surface area contributed by atoms with Crippen LogP contribution < -0.4 is 0 Å². The van der Waals surface area contributed by atoms with Gasteiger partial charge >= 0.3 is 19.5 Å². The van der Waals surface area contributed by atoms with E-state index in [-0.39, 0.29) is 19.5 Å². The second-order valence-corrected chi connectivity index (χ2v) is 0.894. The second kappa shape index (κ2) is 78.8. The van der Waals surface area contributed by atoms with Crippen molar-refractivity contribution in [1.82, 2.24) is 0 Å². The van der Waals surface area contributed by atoms with Crippen molar-refractivity contribution in [3.8, 4) is 0 Å². The van der Waals surface area contributed by atoms with Crippen molar-refractivity contribution in [1.29, 1.82) is 0 Å². The first-order valence-electron chi connectivity index (χ1n) is 2.80. The third-order valence-electron chi connectivity index (χ3n) is 0. The Labute approximate surface area is 136 Å². The van der Waals surface area contributed by atoms with E-state index < -0.39 is 20.3 Å². The van der Waals surface area contributed by atoms with Gasteiger partial charge in [-0.1, -0.05) is 0 Å². The summed E-state index contributed by atoms with van der Waals surface area (Å²) in [5.41, 5.74) is 0. The van der Waals surface area contributed by atoms with E-state index in [1.54, 1.807) is 0 Å². The zero-order chi connectivity index (χ0) is 20.3. The molecule has 0 aromatic rings. The third-order valence-corrected chi connectivity index (χ3v) is 0. The summed E-state index contributed by atoms with van der Waals surface area (Å²) in [6.45, 7) is 13.5. The molecular weight excluding hydrogens is 433 g/mol. The molecule has 0 bridgehead atoms. The summed E-state index contributed by atoms with van der Waals surface area (Å²) in [6, 6.07) is 0. The van der Waals surface area contributed by atoms with Gasteiger partial charge in [0.1, 0.15) is 0 Å². The van der Waals surface area contributed by atoms with Crippen molar-refractivity contribution in [3.63, 3.8) is 0 Å². The Kier molecular flexibility index (Phi) is 173. The van der Waals surface area contributed by atoms with Crippen LogP contribution in [0.5, 0.6) is 0 Å². The summed E-state index contributed by atoms with van der Waals surface area (Å²) < 4.78 is 0. The van der Waals surface area contributed by atoms with Crippen molar-refractivity contribution in [2.45, 2.75) is 0 Å². The Balaban J connectivity index is -0.0000000194. The van der Waals surface area contributed by atoms with Crippen LogP contribution in [0.3, 0.4) is 0 Å². The number of carbonyl (C=O) groups excluding carboxylic acids is 3. The summed E-state index contributed by atoms with van der Waals surface area (Å²) in [6.07, 6.45) is 0. The molecular formula is C3N4O15Ru. The normalized spacial score (nSPS) is 4.70. The number of nitrogens with zero attached hydrogens (tertiary/aromatic N) is 4. The number of rotatable bonds is 0. The van der Waals surface area contributed by atoms with Crippen molar-refractivity contribution < 1.29 is 54.2 Å². The second-order valence-electron chi connectivity index (χ2n) is 0.894. The van der Waals surface area contributed by atoms with Crippen molar-refractivity contribution >= 4 is 20.4 Å². The summed E-state index contributed by atoms with van der Waals surface area (Å²) in [5, 5.41) is 59.0. The Morgan fingerprint density at radius 2 is 0.391 bits per heavy atom. The Morgan fingerprint density at radius 3 is 0.391 bits per heavy atom. The monoisotopic (exact) mass is 434 g/mol. The van der Waals surface area contributed by atoms with Crippen LogP contribution in [0.4, 0.5) is 0 Å². The molecule has 20 heteroatoms. The SMILES string of the molecule is O=[N+]([O-])[O-].O=[N+]([O-])[O-].O=[N+]([O-])[O-].O=[N+]([O-])[O-].[C]=O.[C]=O.[C]=O.[Ru+4]. The van der Waals surface area contributed by atoms with Gasteiger partial charge in [0.15, 0.2) is 0 Å². The van der Waals surface area contributed by atoms with Gasteiger partial charge in [0, 0.05) is 0 Å². The van der Waals surface area contributed by atoms with Crippen molar-refractivity contribution in [2.24, 2.45) is 0 Å². The molecule has 6 radical (unpaired) electrons. The topological polar surface area (TPSA) is 316 Å². The van der Waals surface area contributed by atoms with Crippen molar-refractivity contribution in [2.75, 3.05) is 0 Å². The van der Waals surface area contributed by atoms with Gasteiger partial charge in [-0.15, -0.1) is 0 Å². The maximum absolute atomic E-state index is 8.25. The fraction of sp³-hybridized carbons (Fsp3) is 0.